The van der Waals surface area contributed by atoms with Gasteiger partial charge in [0, 0.05) is 77.4 Å². The number of carbonyl (C=O) groups is 3. The van der Waals surface area contributed by atoms with Crippen LogP contribution in [0.4, 0.5) is 28.8 Å². The van der Waals surface area contributed by atoms with E-state index in [4.69, 9.17) is 13.9 Å². The molecule has 1 atom stereocenters. The SMILES string of the molecule is Cc1cc([C@@H](C)Nc2ccccc2)c2oc(N3CCN(C(=O)CCOCCOCCNC(=O)c4cnc(Nc5ccccc5C)c(NC(=O)c5csc6ccccc56)c4)CC3)cc(=O)c2c1. The lowest BCUT2D eigenvalue weighted by Crippen LogP contribution is -2.49. The van der Waals surface area contributed by atoms with Gasteiger partial charge in [0.1, 0.15) is 5.58 Å². The molecule has 1 saturated heterocycles. The Kier molecular flexibility index (Phi) is 14.7. The number of hydrogen-bond donors (Lipinski definition) is 4. The van der Waals surface area contributed by atoms with Gasteiger partial charge in [-0.2, -0.15) is 0 Å². The summed E-state index contributed by atoms with van der Waals surface area (Å²) >= 11 is 1.49. The third kappa shape index (κ3) is 11.1. The predicted molar refractivity (Wildman–Crippen MR) is 262 cm³/mol. The monoisotopic (exact) mass is 907 g/mol. The molecule has 3 aromatic heterocycles. The Hall–Kier alpha value is -7.07. The molecule has 15 heteroatoms. The van der Waals surface area contributed by atoms with E-state index < -0.39 is 0 Å². The van der Waals surface area contributed by atoms with E-state index in [1.165, 1.54) is 17.5 Å². The van der Waals surface area contributed by atoms with Gasteiger partial charge in [-0.1, -0.05) is 60.7 Å². The molecular weight excluding hydrogens is 855 g/mol. The molecule has 1 fully saturated rings. The van der Waals surface area contributed by atoms with Crippen LogP contribution in [0.2, 0.25) is 0 Å². The first kappa shape index (κ1) is 45.5. The van der Waals surface area contributed by atoms with E-state index in [9.17, 15) is 19.2 Å². The Morgan fingerprint density at radius 2 is 1.55 bits per heavy atom. The first-order valence-corrected chi connectivity index (χ1v) is 23.0. The van der Waals surface area contributed by atoms with Crippen molar-refractivity contribution >= 4 is 78.9 Å². The summed E-state index contributed by atoms with van der Waals surface area (Å²) in [6.07, 6.45) is 1.70. The smallest absolute Gasteiger partial charge is 0.257 e. The number of carbonyl (C=O) groups excluding carboxylic acids is 3. The number of anilines is 5. The van der Waals surface area contributed by atoms with E-state index >= 15 is 0 Å². The minimum absolute atomic E-state index is 0.00650. The summed E-state index contributed by atoms with van der Waals surface area (Å²) in [6, 6.07) is 32.4. The van der Waals surface area contributed by atoms with E-state index in [0.29, 0.717) is 66.7 Å². The first-order valence-electron chi connectivity index (χ1n) is 22.1. The highest BCUT2D eigenvalue weighted by molar-refractivity contribution is 7.17. The number of benzene rings is 4. The molecule has 0 aliphatic carbocycles. The molecule has 0 radical (unpaired) electrons. The summed E-state index contributed by atoms with van der Waals surface area (Å²) in [5, 5.41) is 15.9. The summed E-state index contributed by atoms with van der Waals surface area (Å²) in [4.78, 5) is 61.5. The number of aromatic nitrogens is 1. The Labute approximate surface area is 386 Å². The zero-order chi connectivity index (χ0) is 46.0. The van der Waals surface area contributed by atoms with Gasteiger partial charge in [-0.15, -0.1) is 11.3 Å². The summed E-state index contributed by atoms with van der Waals surface area (Å²) in [5.41, 5.74) is 6.33. The largest absolute Gasteiger partial charge is 0.440 e. The third-order valence-electron chi connectivity index (χ3n) is 11.4. The van der Waals surface area contributed by atoms with E-state index in [1.807, 2.05) is 114 Å². The van der Waals surface area contributed by atoms with E-state index in [-0.39, 0.29) is 67.5 Å². The number of ether oxygens (including phenoxy) is 2. The summed E-state index contributed by atoms with van der Waals surface area (Å²) in [6.45, 7) is 9.37. The number of fused-ring (bicyclic) bond motifs is 2. The molecule has 66 heavy (non-hydrogen) atoms. The molecule has 0 spiro atoms. The lowest BCUT2D eigenvalue weighted by molar-refractivity contribution is -0.132. The number of hydrogen-bond acceptors (Lipinski definition) is 12. The molecular formula is C51H53N7O7S. The minimum atomic E-state index is -0.367. The van der Waals surface area contributed by atoms with Crippen LogP contribution < -0.4 is 31.6 Å². The van der Waals surface area contributed by atoms with Crippen molar-refractivity contribution in [2.45, 2.75) is 33.2 Å². The van der Waals surface area contributed by atoms with E-state index in [2.05, 4.69) is 39.2 Å². The van der Waals surface area contributed by atoms with E-state index in [1.54, 1.807) is 12.1 Å². The van der Waals surface area contributed by atoms with Crippen LogP contribution >= 0.6 is 11.3 Å². The van der Waals surface area contributed by atoms with Crippen molar-refractivity contribution in [1.29, 1.82) is 0 Å². The topological polar surface area (TPSA) is 167 Å². The minimum Gasteiger partial charge on any atom is -0.440 e. The second-order valence-electron chi connectivity index (χ2n) is 16.2. The van der Waals surface area contributed by atoms with Gasteiger partial charge >= 0.3 is 0 Å². The van der Waals surface area contributed by atoms with Crippen LogP contribution in [0.15, 0.2) is 124 Å². The fourth-order valence-corrected chi connectivity index (χ4v) is 8.83. The molecule has 4 N–H and O–H groups in total. The Bertz CT molecular complexity index is 2890. The number of amides is 3. The highest BCUT2D eigenvalue weighted by Gasteiger charge is 2.25. The van der Waals surface area contributed by atoms with Crippen LogP contribution in [-0.4, -0.2) is 86.8 Å². The zero-order valence-electron chi connectivity index (χ0n) is 37.2. The number of nitrogens with zero attached hydrogens (tertiary/aromatic N) is 3. The molecule has 3 amide bonds. The normalized spacial score (nSPS) is 13.1. The molecule has 7 aromatic rings. The third-order valence-corrected chi connectivity index (χ3v) is 12.4. The van der Waals surface area contributed by atoms with Crippen molar-refractivity contribution in [2.24, 2.45) is 0 Å². The number of para-hydroxylation sites is 2. The second kappa shape index (κ2) is 21.3. The number of aryl methyl sites for hydroxylation is 2. The van der Waals surface area contributed by atoms with Gasteiger partial charge < -0.3 is 45.0 Å². The molecule has 1 aliphatic heterocycles. The van der Waals surface area contributed by atoms with Crippen molar-refractivity contribution in [3.63, 3.8) is 0 Å². The average Bonchev–Trinajstić information content (AvgIpc) is 3.77. The number of thiophene rings is 1. The Morgan fingerprint density at radius 1 is 0.803 bits per heavy atom. The fourth-order valence-electron chi connectivity index (χ4n) is 7.88. The average molecular weight is 908 g/mol. The standard InChI is InChI=1S/C51H53N7O7S/c1-33-27-39(35(3)54-37-12-5-4-6-13-37)48-40(28-33)44(59)30-47(65-48)58-21-19-57(20-22-58)46(60)17-23-63-25-26-64-24-18-52-50(61)36-29-43(49(53-31-36)55-42-15-9-7-11-34(42)2)56-51(62)41-32-66-45-16-10-8-14-38(41)45/h4-16,27-32,35,54H,17-26H2,1-3H3,(H,52,61)(H,53,55)(H,56,62)/t35-/m1/s1. The van der Waals surface area contributed by atoms with Gasteiger partial charge in [-0.05, 0) is 68.3 Å². The fraction of sp³-hybridized carbons (Fsp3) is 0.275. The van der Waals surface area contributed by atoms with Crippen molar-refractivity contribution in [3.8, 4) is 0 Å². The lowest BCUT2D eigenvalue weighted by atomic mass is 10.0. The Morgan fingerprint density at radius 3 is 2.35 bits per heavy atom. The van der Waals surface area contributed by atoms with Crippen LogP contribution in [0.1, 0.15) is 56.8 Å². The van der Waals surface area contributed by atoms with Gasteiger partial charge in [-0.25, -0.2) is 4.98 Å². The van der Waals surface area contributed by atoms with Crippen molar-refractivity contribution in [3.05, 3.63) is 153 Å². The molecule has 14 nitrogen and oxygen atoms in total. The maximum atomic E-state index is 13.5. The van der Waals surface area contributed by atoms with Crippen LogP contribution in [0, 0.1) is 13.8 Å². The summed E-state index contributed by atoms with van der Waals surface area (Å²) < 4.78 is 18.8. The maximum absolute atomic E-state index is 13.5. The lowest BCUT2D eigenvalue weighted by Gasteiger charge is -2.35. The van der Waals surface area contributed by atoms with Crippen LogP contribution in [0.3, 0.4) is 0 Å². The van der Waals surface area contributed by atoms with Crippen molar-refractivity contribution < 1.29 is 28.3 Å². The van der Waals surface area contributed by atoms with Crippen molar-refractivity contribution in [1.82, 2.24) is 15.2 Å². The summed E-state index contributed by atoms with van der Waals surface area (Å²) in [7, 11) is 0. The summed E-state index contributed by atoms with van der Waals surface area (Å²) in [5.74, 6) is 0.221. The van der Waals surface area contributed by atoms with Crippen molar-refractivity contribution in [2.75, 3.05) is 80.0 Å². The van der Waals surface area contributed by atoms with E-state index in [0.717, 1.165) is 38.2 Å². The highest BCUT2D eigenvalue weighted by atomic mass is 32.1. The van der Waals surface area contributed by atoms with Crippen LogP contribution in [0.25, 0.3) is 21.1 Å². The molecule has 4 heterocycles. The number of rotatable bonds is 18. The van der Waals surface area contributed by atoms with Gasteiger partial charge in [0.05, 0.1) is 61.1 Å². The molecule has 0 unspecified atom stereocenters. The number of nitrogens with one attached hydrogen (secondary N) is 4. The molecule has 4 aromatic carbocycles. The van der Waals surface area contributed by atoms with Gasteiger partial charge in [0.25, 0.3) is 11.8 Å². The second-order valence-corrected chi connectivity index (χ2v) is 17.1. The quantitative estimate of drug-likeness (QED) is 0.0609. The predicted octanol–water partition coefficient (Wildman–Crippen LogP) is 8.69. The van der Waals surface area contributed by atoms with Gasteiger partial charge in [0.15, 0.2) is 17.1 Å². The number of piperazine rings is 1. The number of pyridine rings is 1. The molecule has 1 aliphatic rings. The maximum Gasteiger partial charge on any atom is 0.257 e. The van der Waals surface area contributed by atoms with Crippen LogP contribution in [0.5, 0.6) is 0 Å². The molecule has 0 saturated carbocycles. The Balaban J connectivity index is 0.760. The molecule has 8 rings (SSSR count). The molecule has 340 valence electrons. The zero-order valence-corrected chi connectivity index (χ0v) is 38.0. The highest BCUT2D eigenvalue weighted by Crippen LogP contribution is 2.32. The van der Waals surface area contributed by atoms with Crippen LogP contribution in [-0.2, 0) is 14.3 Å². The molecule has 0 bridgehead atoms. The first-order chi connectivity index (χ1) is 32.1. The van der Waals surface area contributed by atoms with Gasteiger partial charge in [-0.3, -0.25) is 19.2 Å². The van der Waals surface area contributed by atoms with Gasteiger partial charge in [0.2, 0.25) is 5.91 Å².